The van der Waals surface area contributed by atoms with Crippen LogP contribution in [0.5, 0.6) is 0 Å². The van der Waals surface area contributed by atoms with Gasteiger partial charge in [0.1, 0.15) is 16.9 Å². The molecule has 0 unspecified atom stereocenters. The van der Waals surface area contributed by atoms with Crippen LogP contribution in [-0.2, 0) is 6.42 Å². The number of aromatic nitrogens is 2. The molecule has 0 spiro atoms. The Morgan fingerprint density at radius 3 is 2.94 bits per heavy atom. The van der Waals surface area contributed by atoms with E-state index in [9.17, 15) is 4.79 Å². The van der Waals surface area contributed by atoms with Gasteiger partial charge in [0, 0.05) is 11.8 Å². The molecule has 17 heavy (non-hydrogen) atoms. The Balaban J connectivity index is 2.58. The molecule has 0 bridgehead atoms. The number of nitrogen functional groups attached to an aromatic ring is 1. The monoisotopic (exact) mass is 229 g/mol. The van der Waals surface area contributed by atoms with Crippen molar-refractivity contribution in [1.29, 1.82) is 0 Å². The Hall–Kier alpha value is -2.30. The first-order valence-corrected chi connectivity index (χ1v) is 5.40. The van der Waals surface area contributed by atoms with Crippen molar-refractivity contribution in [3.63, 3.8) is 0 Å². The lowest BCUT2D eigenvalue weighted by molar-refractivity contribution is 0.649. The number of nitrogens with two attached hydrogens (primary N) is 1. The van der Waals surface area contributed by atoms with E-state index in [1.165, 1.54) is 0 Å². The summed E-state index contributed by atoms with van der Waals surface area (Å²) in [6.45, 7) is 1.90. The van der Waals surface area contributed by atoms with Crippen molar-refractivity contribution in [2.75, 3.05) is 5.84 Å². The number of fused-ring (bicyclic) bond motifs is 3. The molecule has 0 saturated carbocycles. The number of hydrogen-bond acceptors (Lipinski definition) is 4. The molecule has 1 aromatic carbocycles. The molecule has 0 aliphatic carbocycles. The highest BCUT2D eigenvalue weighted by molar-refractivity contribution is 6.01. The number of rotatable bonds is 1. The van der Waals surface area contributed by atoms with Crippen molar-refractivity contribution in [3.8, 4) is 0 Å². The van der Waals surface area contributed by atoms with Gasteiger partial charge in [0.25, 0.3) is 0 Å². The first kappa shape index (κ1) is 9.89. The Kier molecular flexibility index (Phi) is 1.95. The number of benzene rings is 1. The van der Waals surface area contributed by atoms with Crippen molar-refractivity contribution in [1.82, 2.24) is 9.66 Å². The summed E-state index contributed by atoms with van der Waals surface area (Å²) in [4.78, 5) is 16.4. The summed E-state index contributed by atoms with van der Waals surface area (Å²) < 4.78 is 6.53. The third-order valence-corrected chi connectivity index (χ3v) is 2.82. The molecule has 0 radical (unpaired) electrons. The number of hydrogen-bond donors (Lipinski definition) is 1. The molecule has 86 valence electrons. The van der Waals surface area contributed by atoms with Gasteiger partial charge in [0.2, 0.25) is 5.58 Å². The molecule has 2 aromatic heterocycles. The fraction of sp³-hybridized carbons (Fsp3) is 0.167. The number of furan rings is 1. The van der Waals surface area contributed by atoms with Crippen LogP contribution in [-0.4, -0.2) is 9.66 Å². The molecule has 0 saturated heterocycles. The second-order valence-electron chi connectivity index (χ2n) is 3.83. The lowest BCUT2D eigenvalue weighted by Crippen LogP contribution is -2.31. The van der Waals surface area contributed by atoms with Gasteiger partial charge in [0.15, 0.2) is 0 Å². The first-order valence-electron chi connectivity index (χ1n) is 5.40. The average Bonchev–Trinajstić information content (AvgIpc) is 2.72. The molecule has 0 fully saturated rings. The van der Waals surface area contributed by atoms with Crippen LogP contribution in [0.15, 0.2) is 33.5 Å². The van der Waals surface area contributed by atoms with Crippen LogP contribution >= 0.6 is 0 Å². The Labute approximate surface area is 96.4 Å². The van der Waals surface area contributed by atoms with Gasteiger partial charge in [-0.2, -0.15) is 0 Å². The lowest BCUT2D eigenvalue weighted by atomic mass is 10.2. The molecule has 3 rings (SSSR count). The number of para-hydroxylation sites is 1. The van der Waals surface area contributed by atoms with Crippen molar-refractivity contribution in [3.05, 3.63) is 40.4 Å². The van der Waals surface area contributed by atoms with E-state index in [4.69, 9.17) is 10.3 Å². The molecule has 2 heterocycles. The van der Waals surface area contributed by atoms with Gasteiger partial charge < -0.3 is 10.3 Å². The van der Waals surface area contributed by atoms with Crippen molar-refractivity contribution in [2.24, 2.45) is 0 Å². The second kappa shape index (κ2) is 3.35. The predicted octanol–water partition coefficient (Wildman–Crippen LogP) is 1.42. The summed E-state index contributed by atoms with van der Waals surface area (Å²) >= 11 is 0. The van der Waals surface area contributed by atoms with Crippen LogP contribution in [0.3, 0.4) is 0 Å². The molecule has 5 nitrogen and oxygen atoms in total. The van der Waals surface area contributed by atoms with Crippen LogP contribution in [0.25, 0.3) is 22.1 Å². The van der Waals surface area contributed by atoms with E-state index in [1.807, 2.05) is 31.2 Å². The van der Waals surface area contributed by atoms with E-state index < -0.39 is 0 Å². The second-order valence-corrected chi connectivity index (χ2v) is 3.83. The van der Waals surface area contributed by atoms with Gasteiger partial charge in [-0.05, 0) is 12.1 Å². The predicted molar refractivity (Wildman–Crippen MR) is 65.3 cm³/mol. The summed E-state index contributed by atoms with van der Waals surface area (Å²) in [5.41, 5.74) is 1.11. The largest absolute Gasteiger partial charge is 0.448 e. The minimum Gasteiger partial charge on any atom is -0.448 e. The maximum Gasteiger partial charge on any atom is 0.315 e. The van der Waals surface area contributed by atoms with E-state index in [2.05, 4.69) is 4.98 Å². The summed E-state index contributed by atoms with van der Waals surface area (Å²) in [5.74, 6) is 6.21. The van der Waals surface area contributed by atoms with Gasteiger partial charge in [-0.1, -0.05) is 19.1 Å². The highest BCUT2D eigenvalue weighted by atomic mass is 16.3. The van der Waals surface area contributed by atoms with Gasteiger partial charge in [0.05, 0.1) is 0 Å². The third-order valence-electron chi connectivity index (χ3n) is 2.82. The normalized spacial score (nSPS) is 11.4. The topological polar surface area (TPSA) is 74.0 Å². The summed E-state index contributed by atoms with van der Waals surface area (Å²) in [7, 11) is 0. The van der Waals surface area contributed by atoms with E-state index in [-0.39, 0.29) is 11.1 Å². The Morgan fingerprint density at radius 1 is 1.41 bits per heavy atom. The van der Waals surface area contributed by atoms with Crippen LogP contribution in [0.1, 0.15) is 12.7 Å². The third kappa shape index (κ3) is 1.25. The van der Waals surface area contributed by atoms with Crippen LogP contribution in [0.4, 0.5) is 0 Å². The summed E-state index contributed by atoms with van der Waals surface area (Å²) in [6.07, 6.45) is 0.598. The standard InChI is InChI=1S/C12H11N3O2/c1-2-9-14-10-7-5-3-4-6-8(7)17-11(10)12(16)15(9)13/h3-6H,2,13H2,1H3. The zero-order valence-corrected chi connectivity index (χ0v) is 9.30. The Morgan fingerprint density at radius 2 is 2.18 bits per heavy atom. The lowest BCUT2D eigenvalue weighted by Gasteiger charge is -2.03. The highest BCUT2D eigenvalue weighted by Gasteiger charge is 2.14. The summed E-state index contributed by atoms with van der Waals surface area (Å²) in [6, 6.07) is 7.43. The fourth-order valence-corrected chi connectivity index (χ4v) is 1.95. The van der Waals surface area contributed by atoms with Crippen LogP contribution in [0.2, 0.25) is 0 Å². The quantitative estimate of drug-likeness (QED) is 0.640. The van der Waals surface area contributed by atoms with Crippen LogP contribution in [0, 0.1) is 0 Å². The van der Waals surface area contributed by atoms with E-state index in [0.29, 0.717) is 23.3 Å². The molecule has 0 aliphatic rings. The van der Waals surface area contributed by atoms with Crippen molar-refractivity contribution >= 4 is 22.1 Å². The molecule has 3 aromatic rings. The maximum absolute atomic E-state index is 12.0. The molecule has 2 N–H and O–H groups in total. The van der Waals surface area contributed by atoms with Crippen molar-refractivity contribution < 1.29 is 4.42 Å². The smallest absolute Gasteiger partial charge is 0.315 e. The molecule has 0 aliphatic heterocycles. The first-order chi connectivity index (χ1) is 8.22. The SMILES string of the molecule is CCc1nc2c(oc3ccccc32)c(=O)n1N. The molecular formula is C12H11N3O2. The highest BCUT2D eigenvalue weighted by Crippen LogP contribution is 2.24. The maximum atomic E-state index is 12.0. The van der Waals surface area contributed by atoms with E-state index in [1.54, 1.807) is 0 Å². The van der Waals surface area contributed by atoms with E-state index >= 15 is 0 Å². The zero-order valence-electron chi connectivity index (χ0n) is 9.30. The molecule has 0 amide bonds. The number of nitrogens with zero attached hydrogens (tertiary/aromatic N) is 2. The van der Waals surface area contributed by atoms with Gasteiger partial charge in [-0.3, -0.25) is 4.79 Å². The van der Waals surface area contributed by atoms with Crippen LogP contribution < -0.4 is 11.4 Å². The van der Waals surface area contributed by atoms with Gasteiger partial charge >= 0.3 is 5.56 Å². The van der Waals surface area contributed by atoms with E-state index in [0.717, 1.165) is 10.1 Å². The Bertz CT molecular complexity index is 770. The van der Waals surface area contributed by atoms with Crippen molar-refractivity contribution in [2.45, 2.75) is 13.3 Å². The fourth-order valence-electron chi connectivity index (χ4n) is 1.95. The molecular weight excluding hydrogens is 218 g/mol. The van der Waals surface area contributed by atoms with Gasteiger partial charge in [-0.15, -0.1) is 0 Å². The molecule has 0 atom stereocenters. The average molecular weight is 229 g/mol. The number of aryl methyl sites for hydroxylation is 1. The van der Waals surface area contributed by atoms with Gasteiger partial charge in [-0.25, -0.2) is 9.66 Å². The zero-order chi connectivity index (χ0) is 12.0. The summed E-state index contributed by atoms with van der Waals surface area (Å²) in [5, 5.41) is 0.843. The minimum atomic E-state index is -0.344. The molecule has 5 heteroatoms. The minimum absolute atomic E-state index is 0.214.